The molecule has 1 aliphatic heterocycles. The number of hydrogen-bond donors (Lipinski definition) is 1. The van der Waals surface area contributed by atoms with E-state index in [1.807, 2.05) is 37.8 Å². The molecule has 32 heavy (non-hydrogen) atoms. The third-order valence-electron chi connectivity index (χ3n) is 6.73. The SMILES string of the molecule is CCc1cc(NS(=O)(=O)c2ccc3c(c2)CC(C)N3C(=O)C2CCC2)cc(CC)c1OC. The summed E-state index contributed by atoms with van der Waals surface area (Å²) in [7, 11) is -2.12. The summed E-state index contributed by atoms with van der Waals surface area (Å²) in [4.78, 5) is 15.0. The van der Waals surface area contributed by atoms with E-state index in [1.165, 1.54) is 0 Å². The van der Waals surface area contributed by atoms with Crippen molar-refractivity contribution in [3.8, 4) is 5.75 Å². The molecule has 7 heteroatoms. The van der Waals surface area contributed by atoms with Crippen LogP contribution in [0.1, 0.15) is 56.7 Å². The van der Waals surface area contributed by atoms with E-state index in [2.05, 4.69) is 4.72 Å². The number of methoxy groups -OCH3 is 1. The van der Waals surface area contributed by atoms with Gasteiger partial charge in [0.2, 0.25) is 5.91 Å². The number of ether oxygens (including phenoxy) is 1. The largest absolute Gasteiger partial charge is 0.496 e. The first-order valence-corrected chi connectivity index (χ1v) is 13.0. The van der Waals surface area contributed by atoms with Crippen LogP contribution in [0.3, 0.4) is 0 Å². The number of nitrogens with zero attached hydrogens (tertiary/aromatic N) is 1. The van der Waals surface area contributed by atoms with E-state index in [0.29, 0.717) is 12.1 Å². The number of fused-ring (bicyclic) bond motifs is 1. The molecule has 1 atom stereocenters. The summed E-state index contributed by atoms with van der Waals surface area (Å²) in [6.07, 6.45) is 5.17. The zero-order chi connectivity index (χ0) is 23.0. The van der Waals surface area contributed by atoms with Gasteiger partial charge in [0.15, 0.2) is 0 Å². The van der Waals surface area contributed by atoms with Gasteiger partial charge in [0.25, 0.3) is 10.0 Å². The number of rotatable bonds is 7. The quantitative estimate of drug-likeness (QED) is 0.655. The van der Waals surface area contributed by atoms with E-state index < -0.39 is 10.0 Å². The Bertz CT molecular complexity index is 1110. The lowest BCUT2D eigenvalue weighted by Gasteiger charge is -2.32. The molecule has 1 unspecified atom stereocenters. The third kappa shape index (κ3) is 3.98. The van der Waals surface area contributed by atoms with Crippen molar-refractivity contribution in [3.05, 3.63) is 47.0 Å². The molecule has 1 heterocycles. The maximum atomic E-state index is 13.2. The highest BCUT2D eigenvalue weighted by molar-refractivity contribution is 7.92. The summed E-state index contributed by atoms with van der Waals surface area (Å²) in [6.45, 7) is 6.07. The molecule has 172 valence electrons. The minimum atomic E-state index is -3.76. The van der Waals surface area contributed by atoms with Crippen LogP contribution in [0.2, 0.25) is 0 Å². The first kappa shape index (κ1) is 22.6. The molecule has 2 aliphatic rings. The molecule has 2 aromatic rings. The Morgan fingerprint density at radius 2 is 1.78 bits per heavy atom. The van der Waals surface area contributed by atoms with Crippen LogP contribution in [0.15, 0.2) is 35.2 Å². The molecule has 0 aromatic heterocycles. The Morgan fingerprint density at radius 1 is 1.12 bits per heavy atom. The van der Waals surface area contributed by atoms with Crippen LogP contribution >= 0.6 is 0 Å². The summed E-state index contributed by atoms with van der Waals surface area (Å²) in [6, 6.07) is 8.82. The highest BCUT2D eigenvalue weighted by atomic mass is 32.2. The van der Waals surface area contributed by atoms with Crippen molar-refractivity contribution in [2.24, 2.45) is 5.92 Å². The highest BCUT2D eigenvalue weighted by Gasteiger charge is 2.37. The number of sulfonamides is 1. The summed E-state index contributed by atoms with van der Waals surface area (Å²) < 4.78 is 34.7. The van der Waals surface area contributed by atoms with Crippen molar-refractivity contribution in [1.82, 2.24) is 0 Å². The van der Waals surface area contributed by atoms with Crippen LogP contribution in [0.5, 0.6) is 5.75 Å². The molecule has 2 aromatic carbocycles. The molecule has 6 nitrogen and oxygen atoms in total. The predicted molar refractivity (Wildman–Crippen MR) is 127 cm³/mol. The molecule has 0 spiro atoms. The number of carbonyl (C=O) groups is 1. The number of anilines is 2. The Labute approximate surface area is 191 Å². The fourth-order valence-electron chi connectivity index (χ4n) is 4.78. The average Bonchev–Trinajstić information content (AvgIpc) is 3.06. The molecule has 0 radical (unpaired) electrons. The molecule has 1 amide bonds. The molecule has 1 fully saturated rings. The van der Waals surface area contributed by atoms with Gasteiger partial charge in [-0.3, -0.25) is 9.52 Å². The molecular formula is C25H32N2O4S. The lowest BCUT2D eigenvalue weighted by molar-refractivity contribution is -0.125. The zero-order valence-electron chi connectivity index (χ0n) is 19.3. The minimum Gasteiger partial charge on any atom is -0.496 e. The van der Waals surface area contributed by atoms with Crippen molar-refractivity contribution >= 4 is 27.3 Å². The number of nitrogens with one attached hydrogen (secondary N) is 1. The zero-order valence-corrected chi connectivity index (χ0v) is 20.1. The second kappa shape index (κ2) is 8.77. The molecule has 1 N–H and O–H groups in total. The summed E-state index contributed by atoms with van der Waals surface area (Å²) in [5, 5.41) is 0. The Morgan fingerprint density at radius 3 is 2.31 bits per heavy atom. The van der Waals surface area contributed by atoms with Crippen LogP contribution in [0, 0.1) is 5.92 Å². The van der Waals surface area contributed by atoms with Crippen molar-refractivity contribution in [1.29, 1.82) is 0 Å². The number of hydrogen-bond acceptors (Lipinski definition) is 4. The van der Waals surface area contributed by atoms with Crippen molar-refractivity contribution in [3.63, 3.8) is 0 Å². The van der Waals surface area contributed by atoms with Gasteiger partial charge in [-0.15, -0.1) is 0 Å². The van der Waals surface area contributed by atoms with Crippen LogP contribution in [-0.2, 0) is 34.1 Å². The van der Waals surface area contributed by atoms with Crippen molar-refractivity contribution in [2.75, 3.05) is 16.7 Å². The van der Waals surface area contributed by atoms with Gasteiger partial charge in [0.05, 0.1) is 12.0 Å². The Kier molecular flexibility index (Phi) is 6.21. The van der Waals surface area contributed by atoms with E-state index >= 15 is 0 Å². The normalized spacial score (nSPS) is 18.2. The van der Waals surface area contributed by atoms with Crippen molar-refractivity contribution in [2.45, 2.75) is 70.2 Å². The monoisotopic (exact) mass is 456 g/mol. The number of carbonyl (C=O) groups excluding carboxylic acids is 1. The number of amides is 1. The van der Waals surface area contributed by atoms with Gasteiger partial charge in [-0.05, 0) is 86.1 Å². The molecular weight excluding hydrogens is 424 g/mol. The van der Waals surface area contributed by atoms with Crippen LogP contribution in [-0.4, -0.2) is 27.5 Å². The average molecular weight is 457 g/mol. The van der Waals surface area contributed by atoms with E-state index in [9.17, 15) is 13.2 Å². The maximum absolute atomic E-state index is 13.2. The third-order valence-corrected chi connectivity index (χ3v) is 8.11. The van der Waals surface area contributed by atoms with Gasteiger partial charge in [0.1, 0.15) is 5.75 Å². The smallest absolute Gasteiger partial charge is 0.261 e. The number of benzene rings is 2. The van der Waals surface area contributed by atoms with Crippen LogP contribution < -0.4 is 14.4 Å². The minimum absolute atomic E-state index is 0.0461. The predicted octanol–water partition coefficient (Wildman–Crippen LogP) is 4.70. The van der Waals surface area contributed by atoms with Gasteiger partial charge in [-0.1, -0.05) is 20.3 Å². The fourth-order valence-corrected chi connectivity index (χ4v) is 5.87. The first-order valence-electron chi connectivity index (χ1n) is 11.5. The van der Waals surface area contributed by atoms with Gasteiger partial charge >= 0.3 is 0 Å². The lowest BCUT2D eigenvalue weighted by atomic mass is 9.84. The van der Waals surface area contributed by atoms with E-state index in [0.717, 1.165) is 60.2 Å². The van der Waals surface area contributed by atoms with Gasteiger partial charge in [-0.25, -0.2) is 8.42 Å². The summed E-state index contributed by atoms with van der Waals surface area (Å²) in [5.41, 5.74) is 4.23. The summed E-state index contributed by atoms with van der Waals surface area (Å²) >= 11 is 0. The fraction of sp³-hybridized carbons (Fsp3) is 0.480. The maximum Gasteiger partial charge on any atom is 0.261 e. The second-order valence-electron chi connectivity index (χ2n) is 8.82. The number of aryl methyl sites for hydroxylation is 2. The van der Waals surface area contributed by atoms with Crippen LogP contribution in [0.4, 0.5) is 11.4 Å². The van der Waals surface area contributed by atoms with Gasteiger partial charge in [-0.2, -0.15) is 0 Å². The van der Waals surface area contributed by atoms with Gasteiger partial charge < -0.3 is 9.64 Å². The molecule has 4 rings (SSSR count). The lowest BCUT2D eigenvalue weighted by Crippen LogP contribution is -2.42. The topological polar surface area (TPSA) is 75.7 Å². The Hall–Kier alpha value is -2.54. The highest BCUT2D eigenvalue weighted by Crippen LogP contribution is 2.38. The van der Waals surface area contributed by atoms with Crippen molar-refractivity contribution < 1.29 is 17.9 Å². The van der Waals surface area contributed by atoms with E-state index in [1.54, 1.807) is 25.3 Å². The second-order valence-corrected chi connectivity index (χ2v) is 10.5. The Balaban J connectivity index is 1.62. The molecule has 1 saturated carbocycles. The van der Waals surface area contributed by atoms with E-state index in [-0.39, 0.29) is 22.8 Å². The molecule has 0 saturated heterocycles. The summed E-state index contributed by atoms with van der Waals surface area (Å²) in [5.74, 6) is 1.11. The molecule has 0 bridgehead atoms. The van der Waals surface area contributed by atoms with Crippen LogP contribution in [0.25, 0.3) is 0 Å². The van der Waals surface area contributed by atoms with E-state index in [4.69, 9.17) is 4.74 Å². The standard InChI is InChI=1S/C25H32N2O4S/c1-5-17-13-21(14-18(6-2)24(17)31-4)26-32(29,30)22-10-11-23-20(15-22)12-16(3)27(23)25(28)19-8-7-9-19/h10-11,13-16,19,26H,5-9,12H2,1-4H3. The molecule has 1 aliphatic carbocycles. The first-order chi connectivity index (χ1) is 15.3. The van der Waals surface area contributed by atoms with Gasteiger partial charge in [0, 0.05) is 23.3 Å².